The molecule has 0 unspecified atom stereocenters. The van der Waals surface area contributed by atoms with E-state index in [0.29, 0.717) is 17.4 Å². The van der Waals surface area contributed by atoms with Gasteiger partial charge in [-0.3, -0.25) is 4.68 Å². The second kappa shape index (κ2) is 5.01. The van der Waals surface area contributed by atoms with Crippen LogP contribution < -0.4 is 5.73 Å². The van der Waals surface area contributed by atoms with Crippen molar-refractivity contribution in [3.63, 3.8) is 0 Å². The van der Waals surface area contributed by atoms with E-state index in [0.717, 1.165) is 31.6 Å². The van der Waals surface area contributed by atoms with Crippen molar-refractivity contribution in [2.24, 2.45) is 18.7 Å². The molecule has 0 spiro atoms. The molecule has 2 aromatic heterocycles. The van der Waals surface area contributed by atoms with Crippen LogP contribution in [0.3, 0.4) is 0 Å². The number of nitrogens with zero attached hydrogens (tertiary/aromatic N) is 4. The molecule has 6 heteroatoms. The molecule has 6 nitrogen and oxygen atoms in total. The van der Waals surface area contributed by atoms with Gasteiger partial charge in [0.05, 0.1) is 5.54 Å². The van der Waals surface area contributed by atoms with Gasteiger partial charge in [-0.2, -0.15) is 10.1 Å². The minimum Gasteiger partial charge on any atom is -0.332 e. The number of aryl methyl sites for hydroxylation is 1. The smallest absolute Gasteiger partial charge is 0.278 e. The summed E-state index contributed by atoms with van der Waals surface area (Å²) in [6, 6.07) is 1.86. The van der Waals surface area contributed by atoms with Crippen molar-refractivity contribution in [3.8, 4) is 11.6 Å². The molecule has 3 rings (SSSR count). The Balaban J connectivity index is 1.80. The third kappa shape index (κ3) is 2.35. The van der Waals surface area contributed by atoms with Crippen molar-refractivity contribution in [3.05, 3.63) is 18.1 Å². The molecule has 2 heterocycles. The van der Waals surface area contributed by atoms with Gasteiger partial charge in [-0.05, 0) is 37.7 Å². The third-order valence-corrected chi connectivity index (χ3v) is 4.38. The zero-order valence-electron chi connectivity index (χ0n) is 12.0. The quantitative estimate of drug-likeness (QED) is 0.928. The van der Waals surface area contributed by atoms with Crippen LogP contribution in [0.1, 0.15) is 44.9 Å². The fraction of sp³-hybridized carbons (Fsp3) is 0.643. The highest BCUT2D eigenvalue weighted by Gasteiger charge is 2.37. The highest BCUT2D eigenvalue weighted by molar-refractivity contribution is 5.45. The van der Waals surface area contributed by atoms with E-state index in [-0.39, 0.29) is 0 Å². The first-order valence-electron chi connectivity index (χ1n) is 7.24. The summed E-state index contributed by atoms with van der Waals surface area (Å²) in [5, 5.41) is 8.35. The van der Waals surface area contributed by atoms with Crippen LogP contribution in [0.2, 0.25) is 0 Å². The number of hydrogen-bond donors (Lipinski definition) is 1. The second-order valence-corrected chi connectivity index (χ2v) is 5.81. The van der Waals surface area contributed by atoms with E-state index in [1.54, 1.807) is 4.68 Å². The van der Waals surface area contributed by atoms with E-state index < -0.39 is 5.54 Å². The lowest BCUT2D eigenvalue weighted by molar-refractivity contribution is 0.216. The van der Waals surface area contributed by atoms with Crippen LogP contribution in [0.25, 0.3) is 11.6 Å². The van der Waals surface area contributed by atoms with Crippen LogP contribution in [-0.4, -0.2) is 19.9 Å². The van der Waals surface area contributed by atoms with Gasteiger partial charge >= 0.3 is 0 Å². The summed E-state index contributed by atoms with van der Waals surface area (Å²) in [6.45, 7) is 2.24. The summed E-state index contributed by atoms with van der Waals surface area (Å²) in [6.07, 6.45) is 7.20. The van der Waals surface area contributed by atoms with Gasteiger partial charge in [0.1, 0.15) is 0 Å². The van der Waals surface area contributed by atoms with Gasteiger partial charge in [-0.1, -0.05) is 18.5 Å². The Morgan fingerprint density at radius 1 is 1.45 bits per heavy atom. The molecule has 1 fully saturated rings. The lowest BCUT2D eigenvalue weighted by Gasteiger charge is -2.34. The molecule has 0 saturated heterocycles. The standard InChI is InChI=1S/C14H21N5O/c1-3-10-4-7-14(15,8-5-10)13-16-12(20-18-13)11-6-9-19(2)17-11/h6,9-10H,3-5,7-8,15H2,1-2H3. The van der Waals surface area contributed by atoms with Gasteiger partial charge in [0, 0.05) is 13.2 Å². The van der Waals surface area contributed by atoms with Crippen LogP contribution in [-0.2, 0) is 12.6 Å². The van der Waals surface area contributed by atoms with Crippen molar-refractivity contribution >= 4 is 0 Å². The molecule has 2 aromatic rings. The predicted molar refractivity (Wildman–Crippen MR) is 74.6 cm³/mol. The van der Waals surface area contributed by atoms with Crippen molar-refractivity contribution in [2.75, 3.05) is 0 Å². The number of hydrogen-bond acceptors (Lipinski definition) is 5. The van der Waals surface area contributed by atoms with E-state index in [1.165, 1.54) is 6.42 Å². The average molecular weight is 275 g/mol. The first-order valence-corrected chi connectivity index (χ1v) is 7.24. The SMILES string of the molecule is CCC1CCC(N)(c2noc(-c3ccn(C)n3)n2)CC1. The second-order valence-electron chi connectivity index (χ2n) is 5.81. The van der Waals surface area contributed by atoms with Gasteiger partial charge in [0.2, 0.25) is 0 Å². The fourth-order valence-corrected chi connectivity index (χ4v) is 2.88. The molecule has 0 aliphatic heterocycles. The van der Waals surface area contributed by atoms with E-state index in [2.05, 4.69) is 22.2 Å². The van der Waals surface area contributed by atoms with Gasteiger partial charge in [0.15, 0.2) is 11.5 Å². The van der Waals surface area contributed by atoms with E-state index >= 15 is 0 Å². The molecular weight excluding hydrogens is 254 g/mol. The molecule has 0 amide bonds. The molecule has 1 aliphatic carbocycles. The summed E-state index contributed by atoms with van der Waals surface area (Å²) >= 11 is 0. The molecule has 1 aliphatic rings. The Morgan fingerprint density at radius 2 is 2.20 bits per heavy atom. The van der Waals surface area contributed by atoms with Crippen LogP contribution >= 0.6 is 0 Å². The Morgan fingerprint density at radius 3 is 2.80 bits per heavy atom. The molecule has 0 atom stereocenters. The van der Waals surface area contributed by atoms with E-state index in [9.17, 15) is 0 Å². The Kier molecular flexibility index (Phi) is 3.33. The summed E-state index contributed by atoms with van der Waals surface area (Å²) in [7, 11) is 1.86. The van der Waals surface area contributed by atoms with Crippen molar-refractivity contribution in [2.45, 2.75) is 44.6 Å². The maximum atomic E-state index is 6.48. The average Bonchev–Trinajstić information content (AvgIpc) is 3.08. The maximum Gasteiger partial charge on any atom is 0.278 e. The molecule has 1 saturated carbocycles. The molecule has 0 bridgehead atoms. The molecule has 0 aromatic carbocycles. The monoisotopic (exact) mass is 275 g/mol. The third-order valence-electron chi connectivity index (χ3n) is 4.38. The molecule has 0 radical (unpaired) electrons. The van der Waals surface area contributed by atoms with E-state index in [1.807, 2.05) is 19.3 Å². The maximum absolute atomic E-state index is 6.48. The predicted octanol–water partition coefficient (Wildman–Crippen LogP) is 2.22. The molecule has 108 valence electrons. The zero-order valence-corrected chi connectivity index (χ0v) is 12.0. The minimum absolute atomic E-state index is 0.442. The zero-order chi connectivity index (χ0) is 14.2. The van der Waals surface area contributed by atoms with Gasteiger partial charge in [-0.15, -0.1) is 0 Å². The minimum atomic E-state index is -0.442. The first kappa shape index (κ1) is 13.3. The van der Waals surface area contributed by atoms with Crippen LogP contribution in [0, 0.1) is 5.92 Å². The number of aromatic nitrogens is 4. The van der Waals surface area contributed by atoms with Crippen molar-refractivity contribution in [1.82, 2.24) is 19.9 Å². The topological polar surface area (TPSA) is 82.8 Å². The summed E-state index contributed by atoms with van der Waals surface area (Å²) < 4.78 is 7.03. The largest absolute Gasteiger partial charge is 0.332 e. The lowest BCUT2D eigenvalue weighted by atomic mass is 9.76. The summed E-state index contributed by atoms with van der Waals surface area (Å²) in [5.41, 5.74) is 6.73. The van der Waals surface area contributed by atoms with Crippen molar-refractivity contribution in [1.29, 1.82) is 0 Å². The lowest BCUT2D eigenvalue weighted by Crippen LogP contribution is -2.41. The summed E-state index contributed by atoms with van der Waals surface area (Å²) in [4.78, 5) is 4.46. The Bertz CT molecular complexity index is 580. The van der Waals surface area contributed by atoms with Crippen molar-refractivity contribution < 1.29 is 4.52 Å². The molecular formula is C14H21N5O. The van der Waals surface area contributed by atoms with Crippen LogP contribution in [0.4, 0.5) is 0 Å². The van der Waals surface area contributed by atoms with Crippen LogP contribution in [0.5, 0.6) is 0 Å². The number of nitrogens with two attached hydrogens (primary N) is 1. The van der Waals surface area contributed by atoms with Gasteiger partial charge < -0.3 is 10.3 Å². The number of rotatable bonds is 3. The fourth-order valence-electron chi connectivity index (χ4n) is 2.88. The first-order chi connectivity index (χ1) is 9.60. The normalized spacial score (nSPS) is 26.9. The molecule has 2 N–H and O–H groups in total. The van der Waals surface area contributed by atoms with Gasteiger partial charge in [-0.25, -0.2) is 0 Å². The highest BCUT2D eigenvalue weighted by Crippen LogP contribution is 2.37. The highest BCUT2D eigenvalue weighted by atomic mass is 16.5. The van der Waals surface area contributed by atoms with Crippen LogP contribution in [0.15, 0.2) is 16.8 Å². The van der Waals surface area contributed by atoms with Gasteiger partial charge in [0.25, 0.3) is 5.89 Å². The molecule has 20 heavy (non-hydrogen) atoms. The van der Waals surface area contributed by atoms with E-state index in [4.69, 9.17) is 10.3 Å². The Hall–Kier alpha value is -1.69. The Labute approximate surface area is 118 Å². The summed E-state index contributed by atoms with van der Waals surface area (Å²) in [5.74, 6) is 1.85.